The highest BCUT2D eigenvalue weighted by molar-refractivity contribution is 5.91. The second-order valence-corrected chi connectivity index (χ2v) is 8.06. The Labute approximate surface area is 166 Å². The summed E-state index contributed by atoms with van der Waals surface area (Å²) in [7, 11) is 1.91. The number of benzene rings is 1. The quantitative estimate of drug-likeness (QED) is 0.597. The number of nitrogens with zero attached hydrogens (tertiary/aromatic N) is 2. The van der Waals surface area contributed by atoms with Crippen LogP contribution in [0.4, 0.5) is 21.0 Å². The highest BCUT2D eigenvalue weighted by atomic mass is 16.6. The van der Waals surface area contributed by atoms with Crippen molar-refractivity contribution in [1.29, 1.82) is 0 Å². The van der Waals surface area contributed by atoms with E-state index in [0.29, 0.717) is 18.7 Å². The molecule has 2 N–H and O–H groups in total. The Morgan fingerprint density at radius 3 is 2.68 bits per heavy atom. The van der Waals surface area contributed by atoms with Gasteiger partial charge in [0.1, 0.15) is 23.6 Å². The number of phenolic OH excluding ortho intramolecular Hbond substituents is 1. The third kappa shape index (κ3) is 5.07. The number of fused-ring (bicyclic) bond motifs is 1. The number of aromatic hydroxyl groups is 1. The van der Waals surface area contributed by atoms with E-state index in [1.807, 2.05) is 18.9 Å². The summed E-state index contributed by atoms with van der Waals surface area (Å²) < 4.78 is 10.3. The fourth-order valence-corrected chi connectivity index (χ4v) is 3.11. The number of carbonyl (C=O) groups excluding carboxylic acids is 2. The lowest BCUT2D eigenvalue weighted by atomic mass is 10.2. The van der Waals surface area contributed by atoms with Gasteiger partial charge in [-0.1, -0.05) is 17.9 Å². The van der Waals surface area contributed by atoms with Crippen molar-refractivity contribution in [2.75, 3.05) is 31.6 Å². The molecule has 0 aliphatic carbocycles. The molecule has 156 valence electrons. The summed E-state index contributed by atoms with van der Waals surface area (Å²) in [5, 5.41) is 10.1. The Kier molecular flexibility index (Phi) is 6.77. The van der Waals surface area contributed by atoms with E-state index in [-0.39, 0.29) is 18.9 Å². The molecule has 0 spiro atoms. The molecular formula is C20H32N3O5+. The highest BCUT2D eigenvalue weighted by Crippen LogP contribution is 2.39. The molecule has 0 radical (unpaired) electrons. The van der Waals surface area contributed by atoms with Crippen LogP contribution in [-0.2, 0) is 9.47 Å². The minimum absolute atomic E-state index is 0.00117. The molecule has 8 nitrogen and oxygen atoms in total. The summed E-state index contributed by atoms with van der Waals surface area (Å²) >= 11 is 0. The predicted molar refractivity (Wildman–Crippen MR) is 108 cm³/mol. The molecule has 1 aliphatic rings. The number of hydrogen-bond acceptors (Lipinski definition) is 6. The lowest BCUT2D eigenvalue weighted by Gasteiger charge is -2.34. The van der Waals surface area contributed by atoms with Crippen molar-refractivity contribution in [3.63, 3.8) is 0 Å². The van der Waals surface area contributed by atoms with E-state index < -0.39 is 22.4 Å². The van der Waals surface area contributed by atoms with Crippen molar-refractivity contribution in [2.24, 2.45) is 0 Å². The van der Waals surface area contributed by atoms with Gasteiger partial charge >= 0.3 is 12.2 Å². The van der Waals surface area contributed by atoms with Crippen molar-refractivity contribution in [2.45, 2.75) is 52.6 Å². The number of rotatable bonds is 3. The van der Waals surface area contributed by atoms with E-state index in [9.17, 15) is 14.7 Å². The number of carbonyl (C=O) groups is 2. The second kappa shape index (κ2) is 8.68. The molecule has 1 aromatic rings. The molecule has 8 heteroatoms. The molecule has 1 atom stereocenters. The predicted octanol–water partition coefficient (Wildman–Crippen LogP) is 3.92. The van der Waals surface area contributed by atoms with Gasteiger partial charge in [0.2, 0.25) is 0 Å². The van der Waals surface area contributed by atoms with Crippen LogP contribution in [0.3, 0.4) is 0 Å². The third-order valence-corrected chi connectivity index (χ3v) is 4.49. The van der Waals surface area contributed by atoms with Crippen LogP contribution in [0.5, 0.6) is 5.75 Å². The molecule has 0 bridgehead atoms. The number of amides is 2. The highest BCUT2D eigenvalue weighted by Gasteiger charge is 2.49. The van der Waals surface area contributed by atoms with Crippen LogP contribution in [0.25, 0.3) is 0 Å². The van der Waals surface area contributed by atoms with Crippen LogP contribution in [0.2, 0.25) is 0 Å². The van der Waals surface area contributed by atoms with E-state index in [4.69, 9.17) is 9.47 Å². The van der Waals surface area contributed by atoms with Crippen molar-refractivity contribution >= 4 is 23.6 Å². The summed E-state index contributed by atoms with van der Waals surface area (Å²) in [6.45, 7) is 8.55. The molecule has 1 unspecified atom stereocenters. The lowest BCUT2D eigenvalue weighted by molar-refractivity contribution is 0.0141. The van der Waals surface area contributed by atoms with Gasteiger partial charge in [0.05, 0.1) is 6.61 Å². The number of hydrogen-bond donors (Lipinski definition) is 2. The van der Waals surface area contributed by atoms with E-state index in [0.717, 1.165) is 18.5 Å². The van der Waals surface area contributed by atoms with Gasteiger partial charge in [-0.15, -0.1) is 5.43 Å². The van der Waals surface area contributed by atoms with Crippen LogP contribution in [0.1, 0.15) is 47.0 Å². The first-order valence-corrected chi connectivity index (χ1v) is 9.70. The van der Waals surface area contributed by atoms with Gasteiger partial charge < -0.3 is 19.5 Å². The summed E-state index contributed by atoms with van der Waals surface area (Å²) in [4.78, 5) is 27.8. The number of ether oxygens (including phenoxy) is 2. The average Bonchev–Trinajstić information content (AvgIpc) is 2.71. The number of anilines is 1. The van der Waals surface area contributed by atoms with Gasteiger partial charge in [0.15, 0.2) is 5.69 Å². The lowest BCUT2D eigenvalue weighted by Crippen LogP contribution is -2.66. The van der Waals surface area contributed by atoms with E-state index >= 15 is 0 Å². The largest absolute Gasteiger partial charge is 0.547 e. The molecule has 0 saturated heterocycles. The minimum atomic E-state index is -0.745. The minimum Gasteiger partial charge on any atom is -0.508 e. The fourth-order valence-electron chi connectivity index (χ4n) is 3.11. The summed E-state index contributed by atoms with van der Waals surface area (Å²) in [5.41, 5.74) is 3.15. The maximum Gasteiger partial charge on any atom is 0.547 e. The summed E-state index contributed by atoms with van der Waals surface area (Å²) in [6.07, 6.45) is 0.932. The van der Waals surface area contributed by atoms with E-state index in [1.54, 1.807) is 32.9 Å². The van der Waals surface area contributed by atoms with E-state index in [1.165, 1.54) is 6.07 Å². The number of nitrogens with one attached hydrogen (secondary N) is 1. The first-order valence-electron chi connectivity index (χ1n) is 9.70. The van der Waals surface area contributed by atoms with Crippen molar-refractivity contribution < 1.29 is 24.2 Å². The maximum absolute atomic E-state index is 13.3. The number of unbranched alkanes of at least 4 members (excludes halogenated alkanes) is 1. The molecular weight excluding hydrogens is 362 g/mol. The maximum atomic E-state index is 13.3. The normalized spacial score (nSPS) is 19.4. The first kappa shape index (κ1) is 21.8. The second-order valence-electron chi connectivity index (χ2n) is 8.06. The average molecular weight is 394 g/mol. The molecule has 28 heavy (non-hydrogen) atoms. The van der Waals surface area contributed by atoms with Crippen LogP contribution in [0.15, 0.2) is 18.2 Å². The van der Waals surface area contributed by atoms with Gasteiger partial charge in [-0.3, -0.25) is 0 Å². The van der Waals surface area contributed by atoms with Gasteiger partial charge in [-0.05, 0) is 39.3 Å². The number of quaternary nitrogens is 1. The van der Waals surface area contributed by atoms with Crippen molar-refractivity contribution in [3.05, 3.63) is 18.2 Å². The molecule has 2 rings (SSSR count). The zero-order valence-electron chi connectivity index (χ0n) is 17.4. The van der Waals surface area contributed by atoms with Gasteiger partial charge in [-0.2, -0.15) is 4.79 Å². The SMILES string of the molecule is CCCCOC(=O)N[N+]1(C(=O)OC(C)(C)C)CCCN(C)c2ccc(O)cc21. The van der Waals surface area contributed by atoms with Gasteiger partial charge in [-0.25, -0.2) is 4.79 Å². The molecule has 0 saturated carbocycles. The van der Waals surface area contributed by atoms with Crippen LogP contribution in [0, 0.1) is 0 Å². The van der Waals surface area contributed by atoms with Gasteiger partial charge in [0, 0.05) is 26.1 Å². The molecule has 1 aliphatic heterocycles. The molecule has 0 fully saturated rings. The molecule has 1 aromatic carbocycles. The molecule has 0 aromatic heterocycles. The summed E-state index contributed by atoms with van der Waals surface area (Å²) in [5.74, 6) is 0.00117. The van der Waals surface area contributed by atoms with Gasteiger partial charge in [0.25, 0.3) is 0 Å². The fraction of sp³-hybridized carbons (Fsp3) is 0.600. The Morgan fingerprint density at radius 2 is 2.04 bits per heavy atom. The van der Waals surface area contributed by atoms with Crippen molar-refractivity contribution in [3.8, 4) is 5.75 Å². The zero-order valence-corrected chi connectivity index (χ0v) is 17.4. The Balaban J connectivity index is 2.51. The third-order valence-electron chi connectivity index (χ3n) is 4.49. The molecule has 2 amide bonds. The standard InChI is InChI=1S/C20H31N3O5/c1-6-7-13-27-18(25)21-23(19(26)28-20(2,3)4)12-8-11-22(5)16-10-9-15(24)14-17(16)23/h9-10,14H,6-8,11-13H2,1-5H3,(H-,21,24,25)/p+1. The number of phenols is 1. The Morgan fingerprint density at radius 1 is 1.32 bits per heavy atom. The monoisotopic (exact) mass is 394 g/mol. The Bertz CT molecular complexity index is 716. The van der Waals surface area contributed by atoms with Crippen LogP contribution in [-0.4, -0.2) is 49.6 Å². The molecule has 1 heterocycles. The Hall–Kier alpha value is -2.48. The van der Waals surface area contributed by atoms with E-state index in [2.05, 4.69) is 5.43 Å². The van der Waals surface area contributed by atoms with Crippen molar-refractivity contribution in [1.82, 2.24) is 10.0 Å². The van der Waals surface area contributed by atoms with Crippen LogP contribution < -0.4 is 14.9 Å². The summed E-state index contributed by atoms with van der Waals surface area (Å²) in [6, 6.07) is 4.79. The first-order chi connectivity index (χ1) is 13.1. The zero-order chi connectivity index (χ0) is 20.9. The van der Waals surface area contributed by atoms with Crippen LogP contribution >= 0.6 is 0 Å². The smallest absolute Gasteiger partial charge is 0.508 e. The topological polar surface area (TPSA) is 88.1 Å².